The lowest BCUT2D eigenvalue weighted by molar-refractivity contribution is -0.151. The Morgan fingerprint density at radius 3 is 2.79 bits per heavy atom. The van der Waals surface area contributed by atoms with Crippen LogP contribution in [0, 0.1) is 11.8 Å². The third-order valence-electron chi connectivity index (χ3n) is 3.58. The van der Waals surface area contributed by atoms with Crippen molar-refractivity contribution in [2.75, 3.05) is 5.73 Å². The fourth-order valence-electron chi connectivity index (χ4n) is 2.78. The van der Waals surface area contributed by atoms with E-state index in [1.807, 2.05) is 6.07 Å². The summed E-state index contributed by atoms with van der Waals surface area (Å²) in [5.41, 5.74) is 8.91. The summed E-state index contributed by atoms with van der Waals surface area (Å²) >= 11 is 0. The Hall–Kier alpha value is -1.84. The van der Waals surface area contributed by atoms with Gasteiger partial charge < -0.3 is 10.5 Å². The zero-order valence-corrected chi connectivity index (χ0v) is 11.6. The van der Waals surface area contributed by atoms with E-state index in [0.29, 0.717) is 5.69 Å². The molecule has 1 aliphatic rings. The minimum absolute atomic E-state index is 0.0516. The van der Waals surface area contributed by atoms with Gasteiger partial charge in [0.05, 0.1) is 11.9 Å². The number of esters is 1. The Bertz CT molecular complexity index is 511. The molecule has 3 atom stereocenters. The van der Waals surface area contributed by atoms with Crippen LogP contribution in [0.15, 0.2) is 24.5 Å². The molecule has 102 valence electrons. The fraction of sp³-hybridized carbons (Fsp3) is 0.467. The standard InChI is InChI=1S/C15H20N2O2/c1-9-6-12(13-4-5-17-8-14(13)16)7-10(2)15(9)19-11(3)18/h4-6,8-10,15H,7,16H2,1-3H3/t9-,10+,15+/m0/s1. The number of aromatic nitrogens is 1. The van der Waals surface area contributed by atoms with Gasteiger partial charge in [0.25, 0.3) is 0 Å². The Labute approximate surface area is 113 Å². The molecule has 0 saturated heterocycles. The largest absolute Gasteiger partial charge is 0.462 e. The molecule has 0 aliphatic heterocycles. The van der Waals surface area contributed by atoms with Crippen molar-refractivity contribution in [2.45, 2.75) is 33.3 Å². The van der Waals surface area contributed by atoms with Crippen LogP contribution in [0.4, 0.5) is 5.69 Å². The SMILES string of the molecule is CC(=O)O[C@H]1[C@H](C)CC(c2ccncc2N)=C[C@@H]1C. The van der Waals surface area contributed by atoms with Crippen molar-refractivity contribution in [1.29, 1.82) is 0 Å². The monoisotopic (exact) mass is 260 g/mol. The van der Waals surface area contributed by atoms with Crippen molar-refractivity contribution in [3.8, 4) is 0 Å². The van der Waals surface area contributed by atoms with Crippen LogP contribution < -0.4 is 5.73 Å². The van der Waals surface area contributed by atoms with E-state index in [-0.39, 0.29) is 23.9 Å². The molecule has 0 bridgehead atoms. The highest BCUT2D eigenvalue weighted by molar-refractivity contribution is 5.75. The second-order valence-corrected chi connectivity index (χ2v) is 5.27. The Kier molecular flexibility index (Phi) is 3.88. The molecule has 0 amide bonds. The molecule has 0 unspecified atom stereocenters. The summed E-state index contributed by atoms with van der Waals surface area (Å²) in [6.07, 6.45) is 6.38. The molecule has 4 heteroatoms. The first-order chi connectivity index (χ1) is 8.99. The highest BCUT2D eigenvalue weighted by Crippen LogP contribution is 2.37. The van der Waals surface area contributed by atoms with Crippen molar-refractivity contribution < 1.29 is 9.53 Å². The van der Waals surface area contributed by atoms with Gasteiger partial charge in [-0.2, -0.15) is 0 Å². The number of nitrogens with two attached hydrogens (primary N) is 1. The Morgan fingerprint density at radius 1 is 1.47 bits per heavy atom. The van der Waals surface area contributed by atoms with Gasteiger partial charge in [-0.15, -0.1) is 0 Å². The maximum atomic E-state index is 11.1. The summed E-state index contributed by atoms with van der Waals surface area (Å²) in [4.78, 5) is 15.1. The van der Waals surface area contributed by atoms with E-state index in [0.717, 1.165) is 12.0 Å². The lowest BCUT2D eigenvalue weighted by atomic mass is 9.79. The number of anilines is 1. The Balaban J connectivity index is 2.27. The van der Waals surface area contributed by atoms with E-state index in [2.05, 4.69) is 24.9 Å². The number of ether oxygens (including phenoxy) is 1. The third-order valence-corrected chi connectivity index (χ3v) is 3.58. The van der Waals surface area contributed by atoms with Crippen molar-refractivity contribution in [3.63, 3.8) is 0 Å². The molecule has 4 nitrogen and oxygen atoms in total. The van der Waals surface area contributed by atoms with E-state index < -0.39 is 0 Å². The van der Waals surface area contributed by atoms with Gasteiger partial charge in [0.2, 0.25) is 0 Å². The molecule has 1 aromatic heterocycles. The van der Waals surface area contributed by atoms with Gasteiger partial charge in [0.1, 0.15) is 6.10 Å². The van der Waals surface area contributed by atoms with E-state index in [1.165, 1.54) is 12.5 Å². The highest BCUT2D eigenvalue weighted by Gasteiger charge is 2.31. The van der Waals surface area contributed by atoms with Crippen LogP contribution in [0.2, 0.25) is 0 Å². The molecule has 2 rings (SSSR count). The Morgan fingerprint density at radius 2 is 2.21 bits per heavy atom. The molecule has 1 aromatic rings. The van der Waals surface area contributed by atoms with Gasteiger partial charge in [-0.3, -0.25) is 9.78 Å². The van der Waals surface area contributed by atoms with E-state index in [9.17, 15) is 4.79 Å². The van der Waals surface area contributed by atoms with E-state index in [4.69, 9.17) is 10.5 Å². The quantitative estimate of drug-likeness (QED) is 0.830. The summed E-state index contributed by atoms with van der Waals surface area (Å²) < 4.78 is 5.40. The molecule has 1 aliphatic carbocycles. The molecule has 19 heavy (non-hydrogen) atoms. The van der Waals surface area contributed by atoms with Crippen LogP contribution in [-0.4, -0.2) is 17.1 Å². The number of carbonyl (C=O) groups is 1. The maximum absolute atomic E-state index is 11.1. The molecule has 2 N–H and O–H groups in total. The van der Waals surface area contributed by atoms with Gasteiger partial charge >= 0.3 is 5.97 Å². The molecule has 0 radical (unpaired) electrons. The minimum Gasteiger partial charge on any atom is -0.462 e. The van der Waals surface area contributed by atoms with Crippen LogP contribution in [0.3, 0.4) is 0 Å². The summed E-state index contributed by atoms with van der Waals surface area (Å²) in [5.74, 6) is 0.255. The molecule has 0 saturated carbocycles. The number of carbonyl (C=O) groups excluding carboxylic acids is 1. The van der Waals surface area contributed by atoms with Gasteiger partial charge in [-0.25, -0.2) is 0 Å². The maximum Gasteiger partial charge on any atom is 0.302 e. The zero-order valence-electron chi connectivity index (χ0n) is 11.6. The van der Waals surface area contributed by atoms with Crippen LogP contribution in [-0.2, 0) is 9.53 Å². The van der Waals surface area contributed by atoms with Crippen LogP contribution in [0.1, 0.15) is 32.8 Å². The van der Waals surface area contributed by atoms with Crippen molar-refractivity contribution in [3.05, 3.63) is 30.1 Å². The van der Waals surface area contributed by atoms with Gasteiger partial charge in [0.15, 0.2) is 0 Å². The number of hydrogen-bond donors (Lipinski definition) is 1. The number of hydrogen-bond acceptors (Lipinski definition) is 4. The van der Waals surface area contributed by atoms with E-state index in [1.54, 1.807) is 12.4 Å². The molecule has 0 fully saturated rings. The summed E-state index contributed by atoms with van der Waals surface area (Å²) in [7, 11) is 0. The normalized spacial score (nSPS) is 26.7. The molecule has 1 heterocycles. The third kappa shape index (κ3) is 2.95. The van der Waals surface area contributed by atoms with Crippen molar-refractivity contribution >= 4 is 17.2 Å². The second-order valence-electron chi connectivity index (χ2n) is 5.27. The first kappa shape index (κ1) is 13.6. The average Bonchev–Trinajstić information content (AvgIpc) is 2.34. The first-order valence-corrected chi connectivity index (χ1v) is 6.56. The summed E-state index contributed by atoms with van der Waals surface area (Å²) in [5, 5.41) is 0. The number of nitrogen functional groups attached to an aromatic ring is 1. The van der Waals surface area contributed by atoms with Crippen LogP contribution in [0.25, 0.3) is 5.57 Å². The topological polar surface area (TPSA) is 65.2 Å². The lowest BCUT2D eigenvalue weighted by Gasteiger charge is -2.33. The van der Waals surface area contributed by atoms with E-state index >= 15 is 0 Å². The van der Waals surface area contributed by atoms with Gasteiger partial charge in [-0.05, 0) is 24.0 Å². The summed E-state index contributed by atoms with van der Waals surface area (Å²) in [6, 6.07) is 1.94. The predicted octanol–water partition coefficient (Wildman–Crippen LogP) is 2.65. The number of allylic oxidation sites excluding steroid dienone is 1. The first-order valence-electron chi connectivity index (χ1n) is 6.56. The van der Waals surface area contributed by atoms with Crippen LogP contribution in [0.5, 0.6) is 0 Å². The number of pyridine rings is 1. The lowest BCUT2D eigenvalue weighted by Crippen LogP contribution is -2.33. The number of nitrogens with zero attached hydrogens (tertiary/aromatic N) is 1. The van der Waals surface area contributed by atoms with Gasteiger partial charge in [0, 0.05) is 24.6 Å². The molecule has 0 spiro atoms. The highest BCUT2D eigenvalue weighted by atomic mass is 16.5. The molecular formula is C15H20N2O2. The number of rotatable bonds is 2. The average molecular weight is 260 g/mol. The predicted molar refractivity (Wildman–Crippen MR) is 75.1 cm³/mol. The molecular weight excluding hydrogens is 240 g/mol. The van der Waals surface area contributed by atoms with Crippen LogP contribution >= 0.6 is 0 Å². The minimum atomic E-state index is -0.219. The zero-order chi connectivity index (χ0) is 14.0. The fourth-order valence-corrected chi connectivity index (χ4v) is 2.78. The second kappa shape index (κ2) is 5.43. The molecule has 0 aromatic carbocycles. The van der Waals surface area contributed by atoms with Gasteiger partial charge in [-0.1, -0.05) is 19.9 Å². The van der Waals surface area contributed by atoms with Crippen molar-refractivity contribution in [2.24, 2.45) is 11.8 Å². The van der Waals surface area contributed by atoms with Crippen molar-refractivity contribution in [1.82, 2.24) is 4.98 Å². The smallest absolute Gasteiger partial charge is 0.302 e. The summed E-state index contributed by atoms with van der Waals surface area (Å²) in [6.45, 7) is 5.63.